The molecule has 0 unspecified atom stereocenters. The molecule has 0 spiro atoms. The molecule has 1 N–H and O–H groups in total. The Hall–Kier alpha value is -2.99. The molecule has 0 saturated carbocycles. The van der Waals surface area contributed by atoms with E-state index in [1.54, 1.807) is 24.3 Å². The van der Waals surface area contributed by atoms with Crippen molar-refractivity contribution in [1.29, 1.82) is 0 Å². The van der Waals surface area contributed by atoms with Crippen LogP contribution in [0.1, 0.15) is 10.5 Å². The summed E-state index contributed by atoms with van der Waals surface area (Å²) in [5, 5.41) is 9.24. The molecule has 2 aromatic carbocycles. The van der Waals surface area contributed by atoms with E-state index in [0.29, 0.717) is 11.3 Å². The van der Waals surface area contributed by atoms with Crippen LogP contribution in [-0.2, 0) is 0 Å². The first-order chi connectivity index (χ1) is 11.5. The highest BCUT2D eigenvalue weighted by Gasteiger charge is 2.09. The van der Waals surface area contributed by atoms with E-state index in [2.05, 4.69) is 9.97 Å². The zero-order valence-corrected chi connectivity index (χ0v) is 12.9. The average Bonchev–Trinajstić information content (AvgIpc) is 2.58. The Morgan fingerprint density at radius 1 is 1.12 bits per heavy atom. The quantitative estimate of drug-likeness (QED) is 0.758. The van der Waals surface area contributed by atoms with E-state index >= 15 is 0 Å². The van der Waals surface area contributed by atoms with Crippen LogP contribution in [0.4, 0.5) is 4.39 Å². The van der Waals surface area contributed by atoms with E-state index in [1.807, 2.05) is 0 Å². The van der Waals surface area contributed by atoms with Gasteiger partial charge in [0.2, 0.25) is 0 Å². The number of aromatic nitrogens is 2. The van der Waals surface area contributed by atoms with Gasteiger partial charge in [0.15, 0.2) is 23.1 Å². The fourth-order valence-electron chi connectivity index (χ4n) is 1.97. The van der Waals surface area contributed by atoms with Gasteiger partial charge >= 0.3 is 5.97 Å². The molecule has 120 valence electrons. The highest BCUT2D eigenvalue weighted by atomic mass is 35.5. The summed E-state index contributed by atoms with van der Waals surface area (Å²) in [7, 11) is 0. The molecular weight excluding hydrogens is 335 g/mol. The first-order valence-electron chi connectivity index (χ1n) is 6.82. The molecule has 24 heavy (non-hydrogen) atoms. The highest BCUT2D eigenvalue weighted by Crippen LogP contribution is 2.28. The van der Waals surface area contributed by atoms with Crippen LogP contribution in [0, 0.1) is 5.82 Å². The summed E-state index contributed by atoms with van der Waals surface area (Å²) in [5.74, 6) is -0.953. The second-order valence-electron chi connectivity index (χ2n) is 4.77. The number of rotatable bonds is 4. The second kappa shape index (κ2) is 6.64. The lowest BCUT2D eigenvalue weighted by Gasteiger charge is -2.08. The van der Waals surface area contributed by atoms with Gasteiger partial charge in [0.05, 0.1) is 0 Å². The van der Waals surface area contributed by atoms with Crippen LogP contribution in [0.25, 0.3) is 11.4 Å². The van der Waals surface area contributed by atoms with Gasteiger partial charge in [0.25, 0.3) is 0 Å². The molecular formula is C17H10ClFN2O3. The van der Waals surface area contributed by atoms with E-state index in [4.69, 9.17) is 21.4 Å². The van der Waals surface area contributed by atoms with Gasteiger partial charge in [0.1, 0.15) is 5.75 Å². The second-order valence-corrected chi connectivity index (χ2v) is 5.21. The Balaban J connectivity index is 1.83. The third kappa shape index (κ3) is 3.49. The van der Waals surface area contributed by atoms with Gasteiger partial charge in [-0.25, -0.2) is 19.2 Å². The topological polar surface area (TPSA) is 72.3 Å². The highest BCUT2D eigenvalue weighted by molar-refractivity contribution is 6.30. The Morgan fingerprint density at radius 3 is 2.54 bits per heavy atom. The molecule has 0 saturated heterocycles. The summed E-state index contributed by atoms with van der Waals surface area (Å²) in [6.07, 6.45) is 1.37. The molecule has 0 aliphatic carbocycles. The normalized spacial score (nSPS) is 10.4. The molecule has 5 nitrogen and oxygen atoms in total. The molecule has 0 aliphatic heterocycles. The monoisotopic (exact) mass is 344 g/mol. The molecule has 1 heterocycles. The third-order valence-electron chi connectivity index (χ3n) is 3.11. The smallest absolute Gasteiger partial charge is 0.354 e. The molecule has 0 atom stereocenters. The predicted octanol–water partition coefficient (Wildman–Crippen LogP) is 4.43. The van der Waals surface area contributed by atoms with Gasteiger partial charge in [0, 0.05) is 16.8 Å². The minimum Gasteiger partial charge on any atom is -0.477 e. The van der Waals surface area contributed by atoms with E-state index < -0.39 is 11.8 Å². The van der Waals surface area contributed by atoms with Crippen LogP contribution in [-0.4, -0.2) is 21.0 Å². The fraction of sp³-hybridized carbons (Fsp3) is 0. The maximum Gasteiger partial charge on any atom is 0.354 e. The molecule has 3 rings (SSSR count). The summed E-state index contributed by atoms with van der Waals surface area (Å²) >= 11 is 5.69. The van der Waals surface area contributed by atoms with Crippen LogP contribution < -0.4 is 4.74 Å². The maximum absolute atomic E-state index is 13.7. The molecule has 0 fully saturated rings. The van der Waals surface area contributed by atoms with Gasteiger partial charge in [-0.2, -0.15) is 0 Å². The summed E-state index contributed by atoms with van der Waals surface area (Å²) in [6.45, 7) is 0. The first kappa shape index (κ1) is 15.9. The van der Waals surface area contributed by atoms with Crippen LogP contribution in [0.3, 0.4) is 0 Å². The molecule has 0 radical (unpaired) electrons. The van der Waals surface area contributed by atoms with Gasteiger partial charge in [-0.1, -0.05) is 11.6 Å². The number of carboxylic acid groups (broad SMARTS) is 1. The SMILES string of the molecule is O=C(O)c1ccnc(-c2ccc(Oc3ccc(Cl)cc3F)cc2)n1. The van der Waals surface area contributed by atoms with E-state index in [-0.39, 0.29) is 22.3 Å². The number of ether oxygens (including phenoxy) is 1. The summed E-state index contributed by atoms with van der Waals surface area (Å²) in [4.78, 5) is 18.9. The van der Waals surface area contributed by atoms with Gasteiger partial charge in [-0.15, -0.1) is 0 Å². The fourth-order valence-corrected chi connectivity index (χ4v) is 2.13. The number of halogens is 2. The van der Waals surface area contributed by atoms with E-state index in [0.717, 1.165) is 6.07 Å². The van der Waals surface area contributed by atoms with Gasteiger partial charge < -0.3 is 9.84 Å². The predicted molar refractivity (Wildman–Crippen MR) is 85.9 cm³/mol. The maximum atomic E-state index is 13.7. The van der Waals surface area contributed by atoms with Crippen molar-refractivity contribution in [2.24, 2.45) is 0 Å². The van der Waals surface area contributed by atoms with Crippen molar-refractivity contribution in [3.63, 3.8) is 0 Å². The van der Waals surface area contributed by atoms with Crippen LogP contribution in [0.5, 0.6) is 11.5 Å². The number of hydrogen-bond donors (Lipinski definition) is 1. The lowest BCUT2D eigenvalue weighted by molar-refractivity contribution is 0.0690. The first-order valence-corrected chi connectivity index (χ1v) is 7.20. The Morgan fingerprint density at radius 2 is 1.88 bits per heavy atom. The Kier molecular flexibility index (Phi) is 4.39. The lowest BCUT2D eigenvalue weighted by Crippen LogP contribution is -2.02. The Labute approximate surface area is 141 Å². The molecule has 3 aromatic rings. The van der Waals surface area contributed by atoms with Crippen LogP contribution in [0.15, 0.2) is 54.7 Å². The van der Waals surface area contributed by atoms with E-state index in [1.165, 1.54) is 24.4 Å². The molecule has 0 bridgehead atoms. The zero-order chi connectivity index (χ0) is 17.1. The third-order valence-corrected chi connectivity index (χ3v) is 3.34. The Bertz CT molecular complexity index is 901. The van der Waals surface area contributed by atoms with Crippen molar-refractivity contribution in [3.8, 4) is 22.9 Å². The average molecular weight is 345 g/mol. The lowest BCUT2D eigenvalue weighted by atomic mass is 10.2. The summed E-state index contributed by atoms with van der Waals surface area (Å²) < 4.78 is 19.2. The number of benzene rings is 2. The van der Waals surface area contributed by atoms with Crippen molar-refractivity contribution in [3.05, 3.63) is 71.3 Å². The number of nitrogens with zero attached hydrogens (tertiary/aromatic N) is 2. The number of carboxylic acids is 1. The number of hydrogen-bond acceptors (Lipinski definition) is 4. The molecule has 0 amide bonds. The number of aromatic carboxylic acids is 1. The molecule has 7 heteroatoms. The molecule has 0 aliphatic rings. The van der Waals surface area contributed by atoms with Crippen LogP contribution in [0.2, 0.25) is 5.02 Å². The summed E-state index contributed by atoms with van der Waals surface area (Å²) in [5.41, 5.74) is 0.519. The van der Waals surface area contributed by atoms with Crippen molar-refractivity contribution >= 4 is 17.6 Å². The van der Waals surface area contributed by atoms with Crippen molar-refractivity contribution in [1.82, 2.24) is 9.97 Å². The van der Waals surface area contributed by atoms with E-state index in [9.17, 15) is 9.18 Å². The van der Waals surface area contributed by atoms with Crippen molar-refractivity contribution in [2.45, 2.75) is 0 Å². The van der Waals surface area contributed by atoms with Gasteiger partial charge in [-0.05, 0) is 48.5 Å². The summed E-state index contributed by atoms with van der Waals surface area (Å²) in [6, 6.07) is 12.0. The molecule has 1 aromatic heterocycles. The zero-order valence-electron chi connectivity index (χ0n) is 12.1. The van der Waals surface area contributed by atoms with Crippen molar-refractivity contribution < 1.29 is 19.0 Å². The minimum absolute atomic E-state index is 0.0521. The standard InChI is InChI=1S/C17H10ClFN2O3/c18-11-3-6-15(13(19)9-11)24-12-4-1-10(2-5-12)16-20-8-7-14(21-16)17(22)23/h1-9H,(H,22,23). The minimum atomic E-state index is -1.13. The van der Waals surface area contributed by atoms with Crippen LogP contribution >= 0.6 is 11.6 Å². The van der Waals surface area contributed by atoms with Gasteiger partial charge in [-0.3, -0.25) is 0 Å². The largest absolute Gasteiger partial charge is 0.477 e. The van der Waals surface area contributed by atoms with Crippen molar-refractivity contribution in [2.75, 3.05) is 0 Å². The number of carbonyl (C=O) groups is 1.